The fourth-order valence-electron chi connectivity index (χ4n) is 2.40. The monoisotopic (exact) mass is 296 g/mol. The number of ether oxygens (including phenoxy) is 1. The van der Waals surface area contributed by atoms with E-state index in [-0.39, 0.29) is 11.3 Å². The molecule has 20 heavy (non-hydrogen) atoms. The molecule has 0 bridgehead atoms. The predicted octanol–water partition coefficient (Wildman–Crippen LogP) is 3.07. The van der Waals surface area contributed by atoms with Crippen molar-refractivity contribution in [2.24, 2.45) is 5.41 Å². The molecule has 1 aromatic carbocycles. The maximum atomic E-state index is 12.5. The maximum Gasteiger partial charge on any atom is 0.231 e. The molecule has 1 unspecified atom stereocenters. The van der Waals surface area contributed by atoms with Crippen LogP contribution in [-0.4, -0.2) is 25.6 Å². The minimum absolute atomic E-state index is 0.00733. The average molecular weight is 297 g/mol. The standard InChI is InChI=1S/C15H21ClN2O2/c1-3-20-13-6-5-11(16)9-12(13)18-14(19)15(2)7-4-8-17-10-15/h5-6,9,17H,3-4,7-8,10H2,1-2H3,(H,18,19). The number of piperidine rings is 1. The van der Waals surface area contributed by atoms with E-state index in [2.05, 4.69) is 10.6 Å². The molecule has 0 spiro atoms. The Labute approximate surface area is 124 Å². The zero-order valence-corrected chi connectivity index (χ0v) is 12.7. The fraction of sp³-hybridized carbons (Fsp3) is 0.533. The van der Waals surface area contributed by atoms with Crippen molar-refractivity contribution in [1.82, 2.24) is 5.32 Å². The van der Waals surface area contributed by atoms with Crippen molar-refractivity contribution < 1.29 is 9.53 Å². The Morgan fingerprint density at radius 3 is 3.00 bits per heavy atom. The summed E-state index contributed by atoms with van der Waals surface area (Å²) in [6.07, 6.45) is 1.90. The number of anilines is 1. The summed E-state index contributed by atoms with van der Waals surface area (Å²) in [4.78, 5) is 12.5. The SMILES string of the molecule is CCOc1ccc(Cl)cc1NC(=O)C1(C)CCCNC1. The lowest BCUT2D eigenvalue weighted by Gasteiger charge is -2.32. The quantitative estimate of drug-likeness (QED) is 0.898. The van der Waals surface area contributed by atoms with Crippen molar-refractivity contribution in [2.45, 2.75) is 26.7 Å². The molecule has 5 heteroatoms. The number of benzene rings is 1. The number of carbonyl (C=O) groups excluding carboxylic acids is 1. The van der Waals surface area contributed by atoms with Crippen LogP contribution in [0, 0.1) is 5.41 Å². The van der Waals surface area contributed by atoms with Gasteiger partial charge < -0.3 is 15.4 Å². The molecular weight excluding hydrogens is 276 g/mol. The Balaban J connectivity index is 2.16. The van der Waals surface area contributed by atoms with E-state index in [1.54, 1.807) is 18.2 Å². The molecule has 4 nitrogen and oxygen atoms in total. The van der Waals surface area contributed by atoms with Gasteiger partial charge in [-0.3, -0.25) is 4.79 Å². The number of carbonyl (C=O) groups is 1. The van der Waals surface area contributed by atoms with Crippen molar-refractivity contribution >= 4 is 23.2 Å². The van der Waals surface area contributed by atoms with Gasteiger partial charge in [-0.1, -0.05) is 11.6 Å². The number of hydrogen-bond donors (Lipinski definition) is 2. The molecule has 1 amide bonds. The normalized spacial score (nSPS) is 22.4. The number of rotatable bonds is 4. The molecule has 0 radical (unpaired) electrons. The van der Waals surface area contributed by atoms with Gasteiger partial charge in [0.1, 0.15) is 5.75 Å². The average Bonchev–Trinajstić information content (AvgIpc) is 2.43. The number of hydrogen-bond acceptors (Lipinski definition) is 3. The smallest absolute Gasteiger partial charge is 0.231 e. The van der Waals surface area contributed by atoms with Crippen LogP contribution in [0.4, 0.5) is 5.69 Å². The van der Waals surface area contributed by atoms with Crippen LogP contribution < -0.4 is 15.4 Å². The highest BCUT2D eigenvalue weighted by Crippen LogP contribution is 2.32. The molecule has 0 aliphatic carbocycles. The Hall–Kier alpha value is -1.26. The summed E-state index contributed by atoms with van der Waals surface area (Å²) in [7, 11) is 0. The number of nitrogens with one attached hydrogen (secondary N) is 2. The summed E-state index contributed by atoms with van der Waals surface area (Å²) >= 11 is 6.00. The topological polar surface area (TPSA) is 50.4 Å². The molecule has 1 heterocycles. The molecule has 1 aromatic rings. The first-order chi connectivity index (χ1) is 9.55. The second-order valence-corrected chi connectivity index (χ2v) is 5.81. The molecule has 0 aromatic heterocycles. The van der Waals surface area contributed by atoms with Crippen LogP contribution in [0.15, 0.2) is 18.2 Å². The Morgan fingerprint density at radius 1 is 1.55 bits per heavy atom. The first-order valence-electron chi connectivity index (χ1n) is 7.00. The first-order valence-corrected chi connectivity index (χ1v) is 7.37. The van der Waals surface area contributed by atoms with Gasteiger partial charge in [0, 0.05) is 11.6 Å². The van der Waals surface area contributed by atoms with Crippen LogP contribution in [0.5, 0.6) is 5.75 Å². The van der Waals surface area contributed by atoms with Crippen LogP contribution in [0.1, 0.15) is 26.7 Å². The largest absolute Gasteiger partial charge is 0.492 e. The molecule has 1 atom stereocenters. The van der Waals surface area contributed by atoms with Crippen molar-refractivity contribution in [3.05, 3.63) is 23.2 Å². The molecule has 1 aliphatic heterocycles. The van der Waals surface area contributed by atoms with Crippen molar-refractivity contribution in [3.63, 3.8) is 0 Å². The summed E-state index contributed by atoms with van der Waals surface area (Å²) in [5.74, 6) is 0.658. The zero-order valence-electron chi connectivity index (χ0n) is 12.0. The summed E-state index contributed by atoms with van der Waals surface area (Å²) in [6.45, 7) is 6.11. The molecule has 1 saturated heterocycles. The molecule has 2 N–H and O–H groups in total. The third kappa shape index (κ3) is 3.44. The van der Waals surface area contributed by atoms with Crippen LogP contribution in [-0.2, 0) is 4.79 Å². The third-order valence-corrected chi connectivity index (χ3v) is 3.87. The van der Waals surface area contributed by atoms with E-state index in [9.17, 15) is 4.79 Å². The van der Waals surface area contributed by atoms with Crippen LogP contribution in [0.2, 0.25) is 5.02 Å². The van der Waals surface area contributed by atoms with Crippen molar-refractivity contribution in [1.29, 1.82) is 0 Å². The molecule has 0 saturated carbocycles. The summed E-state index contributed by atoms with van der Waals surface area (Å²) in [5, 5.41) is 6.81. The van der Waals surface area contributed by atoms with Gasteiger partial charge in [0.05, 0.1) is 17.7 Å². The fourth-order valence-corrected chi connectivity index (χ4v) is 2.58. The van der Waals surface area contributed by atoms with E-state index in [4.69, 9.17) is 16.3 Å². The van der Waals surface area contributed by atoms with E-state index >= 15 is 0 Å². The van der Waals surface area contributed by atoms with Gasteiger partial charge in [-0.05, 0) is 51.4 Å². The van der Waals surface area contributed by atoms with Gasteiger partial charge in [0.2, 0.25) is 5.91 Å². The predicted molar refractivity (Wildman–Crippen MR) is 81.5 cm³/mol. The van der Waals surface area contributed by atoms with Crippen molar-refractivity contribution in [3.8, 4) is 5.75 Å². The third-order valence-electron chi connectivity index (χ3n) is 3.64. The van der Waals surface area contributed by atoms with Crippen LogP contribution in [0.25, 0.3) is 0 Å². The molecule has 1 aliphatic rings. The molecule has 110 valence electrons. The van der Waals surface area contributed by atoms with E-state index in [0.717, 1.165) is 19.4 Å². The van der Waals surface area contributed by atoms with Gasteiger partial charge >= 0.3 is 0 Å². The maximum absolute atomic E-state index is 12.5. The Morgan fingerprint density at radius 2 is 2.35 bits per heavy atom. The lowest BCUT2D eigenvalue weighted by Crippen LogP contribution is -2.46. The highest BCUT2D eigenvalue weighted by molar-refractivity contribution is 6.31. The Bertz CT molecular complexity index is 485. The van der Waals surface area contributed by atoms with Crippen LogP contribution >= 0.6 is 11.6 Å². The minimum atomic E-state index is -0.385. The van der Waals surface area contributed by atoms with E-state index < -0.39 is 0 Å². The highest BCUT2D eigenvalue weighted by Gasteiger charge is 2.34. The van der Waals surface area contributed by atoms with Crippen molar-refractivity contribution in [2.75, 3.05) is 25.0 Å². The minimum Gasteiger partial charge on any atom is -0.492 e. The van der Waals surface area contributed by atoms with Gasteiger partial charge in [-0.25, -0.2) is 0 Å². The summed E-state index contributed by atoms with van der Waals surface area (Å²) in [5.41, 5.74) is 0.250. The van der Waals surface area contributed by atoms with Gasteiger partial charge in [0.15, 0.2) is 0 Å². The number of amides is 1. The lowest BCUT2D eigenvalue weighted by molar-refractivity contribution is -0.125. The van der Waals surface area contributed by atoms with Gasteiger partial charge in [-0.2, -0.15) is 0 Å². The van der Waals surface area contributed by atoms with E-state index in [0.29, 0.717) is 29.6 Å². The molecule has 1 fully saturated rings. The Kier molecular flexibility index (Phi) is 4.89. The number of halogens is 1. The molecular formula is C15H21ClN2O2. The molecule has 2 rings (SSSR count). The van der Waals surface area contributed by atoms with Gasteiger partial charge in [-0.15, -0.1) is 0 Å². The van der Waals surface area contributed by atoms with E-state index in [1.807, 2.05) is 13.8 Å². The zero-order chi connectivity index (χ0) is 14.6. The van der Waals surface area contributed by atoms with E-state index in [1.165, 1.54) is 0 Å². The lowest BCUT2D eigenvalue weighted by atomic mass is 9.82. The van der Waals surface area contributed by atoms with Crippen LogP contribution in [0.3, 0.4) is 0 Å². The summed E-state index contributed by atoms with van der Waals surface area (Å²) in [6, 6.07) is 5.26. The highest BCUT2D eigenvalue weighted by atomic mass is 35.5. The second-order valence-electron chi connectivity index (χ2n) is 5.37. The first kappa shape index (κ1) is 15.1. The summed E-state index contributed by atoms with van der Waals surface area (Å²) < 4.78 is 5.52. The second kappa shape index (κ2) is 6.46. The van der Waals surface area contributed by atoms with Gasteiger partial charge in [0.25, 0.3) is 0 Å².